The third kappa shape index (κ3) is 1.04. The van der Waals surface area contributed by atoms with Crippen LogP contribution in [0.2, 0.25) is 0 Å². The van der Waals surface area contributed by atoms with Crippen LogP contribution in [0, 0.1) is 25.1 Å². The third-order valence-corrected chi connectivity index (χ3v) is 0.865. The summed E-state index contributed by atoms with van der Waals surface area (Å²) >= 11 is 0. The summed E-state index contributed by atoms with van der Waals surface area (Å²) in [5.41, 5.74) is 0. The van der Waals surface area contributed by atoms with Gasteiger partial charge in [0.1, 0.15) is 16.8 Å². The lowest BCUT2D eigenvalue weighted by Gasteiger charge is -2.00. The summed E-state index contributed by atoms with van der Waals surface area (Å²) < 4.78 is 0. The molecule has 0 radical (unpaired) electrons. The second-order valence-corrected chi connectivity index (χ2v) is 1.58. The van der Waals surface area contributed by atoms with Crippen LogP contribution in [0.15, 0.2) is 5.18 Å². The van der Waals surface area contributed by atoms with E-state index in [4.69, 9.17) is 0 Å². The third-order valence-electron chi connectivity index (χ3n) is 0.865. The van der Waals surface area contributed by atoms with Crippen LogP contribution in [0.5, 0.6) is 0 Å². The molecule has 0 aromatic rings. The fraction of sp³-hybridized carbons (Fsp3) is 1.00. The van der Waals surface area contributed by atoms with Gasteiger partial charge in [0.2, 0.25) is 0 Å². The van der Waals surface area contributed by atoms with E-state index in [-0.39, 0.29) is 0 Å². The molecular formula is C2H3N3O5. The molecule has 10 heavy (non-hydrogen) atoms. The summed E-state index contributed by atoms with van der Waals surface area (Å²) in [5.74, 6) is -2.94. The summed E-state index contributed by atoms with van der Waals surface area (Å²) in [5, 5.41) is 21.3. The van der Waals surface area contributed by atoms with Gasteiger partial charge < -0.3 is 0 Å². The Bertz CT molecular complexity index is 173. The Kier molecular flexibility index (Phi) is 1.96. The maximum Gasteiger partial charge on any atom is 0.590 e. The van der Waals surface area contributed by atoms with Crippen molar-refractivity contribution in [2.45, 2.75) is 12.7 Å². The second kappa shape index (κ2) is 2.33. The van der Waals surface area contributed by atoms with Crippen molar-refractivity contribution in [1.82, 2.24) is 0 Å². The van der Waals surface area contributed by atoms with Crippen molar-refractivity contribution in [3.63, 3.8) is 0 Å². The van der Waals surface area contributed by atoms with E-state index in [1.165, 1.54) is 0 Å². The van der Waals surface area contributed by atoms with Gasteiger partial charge in [-0.2, -0.15) is 0 Å². The van der Waals surface area contributed by atoms with Gasteiger partial charge in [-0.3, -0.25) is 20.2 Å². The smallest absolute Gasteiger partial charge is 0.257 e. The summed E-state index contributed by atoms with van der Waals surface area (Å²) in [6.07, 6.45) is 0. The highest BCUT2D eigenvalue weighted by molar-refractivity contribution is 4.52. The van der Waals surface area contributed by atoms with E-state index < -0.39 is 15.6 Å². The Hall–Kier alpha value is -1.60. The molecule has 0 amide bonds. The SMILES string of the molecule is CC(N=O)([N+](=O)[O-])[N+](=O)[O-]. The van der Waals surface area contributed by atoms with Gasteiger partial charge in [-0.15, -0.1) is 4.91 Å². The van der Waals surface area contributed by atoms with Gasteiger partial charge in [0.15, 0.2) is 0 Å². The van der Waals surface area contributed by atoms with Crippen molar-refractivity contribution in [3.8, 4) is 0 Å². The van der Waals surface area contributed by atoms with Crippen molar-refractivity contribution < 1.29 is 9.85 Å². The molecular weight excluding hydrogens is 146 g/mol. The predicted octanol–water partition coefficient (Wildman–Crippen LogP) is -0.0201. The van der Waals surface area contributed by atoms with Crippen LogP contribution in [0.4, 0.5) is 0 Å². The van der Waals surface area contributed by atoms with E-state index in [1.54, 1.807) is 5.18 Å². The molecule has 0 unspecified atom stereocenters. The van der Waals surface area contributed by atoms with Crippen LogP contribution in [0.3, 0.4) is 0 Å². The Morgan fingerprint density at radius 2 is 1.60 bits per heavy atom. The molecule has 0 spiro atoms. The number of hydrogen-bond acceptors (Lipinski definition) is 6. The molecule has 8 nitrogen and oxygen atoms in total. The second-order valence-electron chi connectivity index (χ2n) is 1.58. The summed E-state index contributed by atoms with van der Waals surface area (Å²) in [4.78, 5) is 26.4. The Morgan fingerprint density at radius 3 is 1.60 bits per heavy atom. The average Bonchev–Trinajstić information content (AvgIpc) is 1.85. The van der Waals surface area contributed by atoms with Crippen molar-refractivity contribution in [1.29, 1.82) is 0 Å². The Labute approximate surface area is 54.1 Å². The molecule has 8 heteroatoms. The number of nitro groups is 2. The molecule has 0 aromatic carbocycles. The first kappa shape index (κ1) is 8.40. The quantitative estimate of drug-likeness (QED) is 0.242. The highest BCUT2D eigenvalue weighted by Crippen LogP contribution is 2.09. The zero-order valence-electron chi connectivity index (χ0n) is 4.88. The van der Waals surface area contributed by atoms with Crippen LogP contribution >= 0.6 is 0 Å². The Balaban J connectivity index is 4.72. The zero-order valence-corrected chi connectivity index (χ0v) is 4.88. The van der Waals surface area contributed by atoms with E-state index in [2.05, 4.69) is 0 Å². The molecule has 0 aromatic heterocycles. The normalized spacial score (nSPS) is 10.5. The minimum Gasteiger partial charge on any atom is -0.257 e. The van der Waals surface area contributed by atoms with Crippen molar-refractivity contribution in [3.05, 3.63) is 25.1 Å². The molecule has 0 N–H and O–H groups in total. The largest absolute Gasteiger partial charge is 0.590 e. The highest BCUT2D eigenvalue weighted by atomic mass is 16.7. The van der Waals surface area contributed by atoms with Crippen molar-refractivity contribution >= 4 is 0 Å². The first-order valence-corrected chi connectivity index (χ1v) is 2.08. The van der Waals surface area contributed by atoms with Crippen LogP contribution < -0.4 is 0 Å². The topological polar surface area (TPSA) is 116 Å². The van der Waals surface area contributed by atoms with E-state index in [9.17, 15) is 25.1 Å². The maximum absolute atomic E-state index is 9.76. The molecule has 0 aliphatic carbocycles. The summed E-state index contributed by atoms with van der Waals surface area (Å²) in [6.45, 7) is 0.514. The van der Waals surface area contributed by atoms with Crippen LogP contribution in [0.1, 0.15) is 6.92 Å². The van der Waals surface area contributed by atoms with Gasteiger partial charge in [0.25, 0.3) is 0 Å². The minimum atomic E-state index is -2.94. The number of rotatable bonds is 3. The molecule has 0 saturated carbocycles. The van der Waals surface area contributed by atoms with E-state index in [0.29, 0.717) is 6.92 Å². The first-order chi connectivity index (χ1) is 4.45. The molecule has 0 aliphatic heterocycles. The molecule has 56 valence electrons. The molecule has 0 bridgehead atoms. The van der Waals surface area contributed by atoms with Gasteiger partial charge in [0, 0.05) is 0 Å². The van der Waals surface area contributed by atoms with Gasteiger partial charge in [0.05, 0.1) is 5.18 Å². The fourth-order valence-electron chi connectivity index (χ4n) is 0.133. The summed E-state index contributed by atoms with van der Waals surface area (Å²) in [7, 11) is 0. The highest BCUT2D eigenvalue weighted by Gasteiger charge is 2.53. The van der Waals surface area contributed by atoms with Crippen molar-refractivity contribution in [2.24, 2.45) is 5.18 Å². The Morgan fingerprint density at radius 1 is 1.30 bits per heavy atom. The first-order valence-electron chi connectivity index (χ1n) is 2.08. The van der Waals surface area contributed by atoms with Gasteiger partial charge >= 0.3 is 5.79 Å². The van der Waals surface area contributed by atoms with Gasteiger partial charge in [-0.25, -0.2) is 0 Å². The number of nitrogens with zero attached hydrogens (tertiary/aromatic N) is 3. The molecule has 0 heterocycles. The monoisotopic (exact) mass is 149 g/mol. The van der Waals surface area contributed by atoms with Crippen LogP contribution in [-0.4, -0.2) is 15.6 Å². The average molecular weight is 149 g/mol. The van der Waals surface area contributed by atoms with Crippen LogP contribution in [0.25, 0.3) is 0 Å². The minimum absolute atomic E-state index is 0.514. The lowest BCUT2D eigenvalue weighted by atomic mass is 10.5. The molecule has 0 rings (SSSR count). The van der Waals surface area contributed by atoms with Crippen molar-refractivity contribution in [2.75, 3.05) is 0 Å². The fourth-order valence-corrected chi connectivity index (χ4v) is 0.133. The predicted molar refractivity (Wildman–Crippen MR) is 28.2 cm³/mol. The summed E-state index contributed by atoms with van der Waals surface area (Å²) in [6, 6.07) is 0. The van der Waals surface area contributed by atoms with E-state index >= 15 is 0 Å². The number of nitroso groups, excluding NO2 is 1. The van der Waals surface area contributed by atoms with Gasteiger partial charge in [-0.1, -0.05) is 0 Å². The lowest BCUT2D eigenvalue weighted by molar-refractivity contribution is -0.790. The molecule has 0 aliphatic rings. The lowest BCUT2D eigenvalue weighted by Crippen LogP contribution is -2.40. The van der Waals surface area contributed by atoms with Crippen LogP contribution in [-0.2, 0) is 0 Å². The number of hydrogen-bond donors (Lipinski definition) is 0. The maximum atomic E-state index is 9.76. The van der Waals surface area contributed by atoms with E-state index in [0.717, 1.165) is 0 Å². The zero-order chi connectivity index (χ0) is 8.36. The molecule has 0 atom stereocenters. The van der Waals surface area contributed by atoms with E-state index in [1.807, 2.05) is 0 Å². The van der Waals surface area contributed by atoms with Gasteiger partial charge in [-0.05, 0) is 0 Å². The standard InChI is InChI=1S/C2H3N3O5/c1-2(3-6,4(7)8)5(9)10/h1H3. The molecule has 0 saturated heterocycles. The molecule has 0 fully saturated rings.